The second kappa shape index (κ2) is 15.0. The maximum absolute atomic E-state index is 6.60. The van der Waals surface area contributed by atoms with E-state index >= 15 is 0 Å². The molecule has 0 aliphatic heterocycles. The Hall–Kier alpha value is -3.46. The number of methoxy groups -OCH3 is 2. The minimum Gasteiger partial charge on any atom is -0.497 e. The van der Waals surface area contributed by atoms with Crippen molar-refractivity contribution in [1.29, 1.82) is 0 Å². The van der Waals surface area contributed by atoms with Crippen molar-refractivity contribution in [1.82, 2.24) is 0 Å². The van der Waals surface area contributed by atoms with E-state index in [1.807, 2.05) is 60.7 Å². The number of para-hydroxylation sites is 2. The molecule has 0 fully saturated rings. The Labute approximate surface area is 291 Å². The smallest absolute Gasteiger partial charge is 0.155 e. The van der Waals surface area contributed by atoms with Gasteiger partial charge in [0.15, 0.2) is 10.7 Å². The van der Waals surface area contributed by atoms with Crippen molar-refractivity contribution < 1.29 is 28.0 Å². The lowest BCUT2D eigenvalue weighted by molar-refractivity contribution is 0.190. The molecule has 2 atom stereocenters. The fourth-order valence-electron chi connectivity index (χ4n) is 5.13. The second-order valence-electron chi connectivity index (χ2n) is 14.8. The van der Waals surface area contributed by atoms with Crippen molar-refractivity contribution in [2.45, 2.75) is 90.8 Å². The maximum Gasteiger partial charge on any atom is 0.155 e. The van der Waals surface area contributed by atoms with Gasteiger partial charge in [-0.05, 0) is 87.1 Å². The van der Waals surface area contributed by atoms with E-state index in [4.69, 9.17) is 28.0 Å². The molecule has 0 spiro atoms. The number of hydrogen-bond donors (Lipinski definition) is 0. The summed E-state index contributed by atoms with van der Waals surface area (Å²) in [5.74, 6) is 4.80. The SMILES string of the molecule is COc1ccc(OC(C)(C)POc2ccccc2-c2ccccc2OPC(C)(C)Oc2ccc(OC)cc2C(C)(C)C)c(C(C)(C)C)c1. The maximum atomic E-state index is 6.60. The molecule has 0 bridgehead atoms. The van der Waals surface area contributed by atoms with E-state index in [2.05, 4.69) is 93.5 Å². The van der Waals surface area contributed by atoms with Crippen molar-refractivity contribution in [3.05, 3.63) is 96.1 Å². The van der Waals surface area contributed by atoms with Crippen LogP contribution in [0.1, 0.15) is 80.4 Å². The molecule has 258 valence electrons. The zero-order valence-electron chi connectivity index (χ0n) is 30.5. The van der Waals surface area contributed by atoms with Gasteiger partial charge in [0.25, 0.3) is 0 Å². The van der Waals surface area contributed by atoms with Gasteiger partial charge in [-0.15, -0.1) is 0 Å². The fourth-order valence-corrected chi connectivity index (χ4v) is 6.50. The molecule has 0 aromatic heterocycles. The third-order valence-electron chi connectivity index (χ3n) is 7.60. The predicted molar refractivity (Wildman–Crippen MR) is 203 cm³/mol. The van der Waals surface area contributed by atoms with Crippen LogP contribution in [0.15, 0.2) is 84.9 Å². The first-order valence-electron chi connectivity index (χ1n) is 16.2. The van der Waals surface area contributed by atoms with E-state index < -0.39 is 10.7 Å². The Bertz CT molecular complexity index is 1560. The highest BCUT2D eigenvalue weighted by Gasteiger charge is 2.29. The highest BCUT2D eigenvalue weighted by atomic mass is 31.1. The highest BCUT2D eigenvalue weighted by molar-refractivity contribution is 7.34. The van der Waals surface area contributed by atoms with Gasteiger partial charge < -0.3 is 28.0 Å². The van der Waals surface area contributed by atoms with Gasteiger partial charge in [-0.3, -0.25) is 0 Å². The molecule has 0 aliphatic carbocycles. The summed E-state index contributed by atoms with van der Waals surface area (Å²) in [6.45, 7) is 21.3. The first-order valence-corrected chi connectivity index (χ1v) is 18.1. The van der Waals surface area contributed by atoms with E-state index in [-0.39, 0.29) is 28.4 Å². The summed E-state index contributed by atoms with van der Waals surface area (Å²) in [6, 6.07) is 28.1. The molecule has 4 aromatic carbocycles. The van der Waals surface area contributed by atoms with Crippen molar-refractivity contribution in [2.75, 3.05) is 14.2 Å². The van der Waals surface area contributed by atoms with Gasteiger partial charge >= 0.3 is 0 Å². The molecule has 4 aromatic rings. The third kappa shape index (κ3) is 9.80. The van der Waals surface area contributed by atoms with Gasteiger partial charge in [0.1, 0.15) is 52.1 Å². The predicted octanol–water partition coefficient (Wildman–Crippen LogP) is 11.5. The summed E-state index contributed by atoms with van der Waals surface area (Å²) in [7, 11) is 3.41. The summed E-state index contributed by atoms with van der Waals surface area (Å²) < 4.78 is 37.3. The van der Waals surface area contributed by atoms with E-state index in [1.54, 1.807) is 14.2 Å². The molecule has 8 heteroatoms. The molecule has 0 aliphatic rings. The van der Waals surface area contributed by atoms with Crippen LogP contribution in [-0.2, 0) is 10.8 Å². The van der Waals surface area contributed by atoms with Crippen LogP contribution in [-0.4, -0.2) is 24.9 Å². The largest absolute Gasteiger partial charge is 0.497 e. The van der Waals surface area contributed by atoms with Crippen LogP contribution in [0, 0.1) is 0 Å². The van der Waals surface area contributed by atoms with Gasteiger partial charge in [-0.25, -0.2) is 0 Å². The average molecular weight is 691 g/mol. The molecule has 0 saturated heterocycles. The quantitative estimate of drug-likeness (QED) is 0.130. The van der Waals surface area contributed by atoms with Gasteiger partial charge in [-0.1, -0.05) is 77.9 Å². The molecule has 0 amide bonds. The minimum absolute atomic E-state index is 0.0241. The first kappa shape index (κ1) is 37.4. The minimum atomic E-state index is -0.589. The molecule has 4 rings (SSSR count). The van der Waals surface area contributed by atoms with Crippen LogP contribution in [0.2, 0.25) is 0 Å². The Morgan fingerprint density at radius 1 is 0.438 bits per heavy atom. The van der Waals surface area contributed by atoms with E-state index in [0.717, 1.165) is 56.8 Å². The lowest BCUT2D eigenvalue weighted by atomic mass is 9.86. The second-order valence-corrected chi connectivity index (χ2v) is 18.1. The van der Waals surface area contributed by atoms with E-state index in [0.29, 0.717) is 0 Å². The Kier molecular flexibility index (Phi) is 11.7. The number of rotatable bonds is 13. The van der Waals surface area contributed by atoms with Gasteiger partial charge in [0, 0.05) is 22.3 Å². The van der Waals surface area contributed by atoms with Gasteiger partial charge in [-0.2, -0.15) is 0 Å². The van der Waals surface area contributed by atoms with Crippen LogP contribution < -0.4 is 28.0 Å². The Morgan fingerprint density at radius 2 is 0.792 bits per heavy atom. The molecular weight excluding hydrogens is 638 g/mol. The Morgan fingerprint density at radius 3 is 1.12 bits per heavy atom. The highest BCUT2D eigenvalue weighted by Crippen LogP contribution is 2.46. The van der Waals surface area contributed by atoms with Crippen LogP contribution in [0.25, 0.3) is 11.1 Å². The van der Waals surface area contributed by atoms with E-state index in [9.17, 15) is 0 Å². The molecule has 6 nitrogen and oxygen atoms in total. The van der Waals surface area contributed by atoms with Crippen molar-refractivity contribution in [2.24, 2.45) is 0 Å². The summed E-state index contributed by atoms with van der Waals surface area (Å²) in [6.07, 6.45) is 0. The lowest BCUT2D eigenvalue weighted by Gasteiger charge is -2.31. The van der Waals surface area contributed by atoms with Crippen molar-refractivity contribution in [3.63, 3.8) is 0 Å². The molecule has 0 heterocycles. The standard InChI is InChI=1S/C40H52O6P2/c1-37(2,3)31-25-27(41-11)21-23-35(31)43-39(7,8)47-45-33-19-15-13-17-29(33)30-18-14-16-20-34(30)46-48-40(9,10)44-36-24-22-28(42-12)26-32(36)38(4,5)6/h13-26,47-48H,1-12H3. The number of benzene rings is 4. The molecule has 0 saturated carbocycles. The van der Waals surface area contributed by atoms with Crippen LogP contribution in [0.4, 0.5) is 0 Å². The summed E-state index contributed by atoms with van der Waals surface area (Å²) in [4.78, 5) is 0. The molecule has 48 heavy (non-hydrogen) atoms. The fraction of sp³-hybridized carbons (Fsp3) is 0.400. The van der Waals surface area contributed by atoms with Crippen LogP contribution in [0.3, 0.4) is 0 Å². The normalized spacial score (nSPS) is 12.8. The first-order chi connectivity index (χ1) is 22.4. The number of ether oxygens (including phenoxy) is 4. The number of hydrogen-bond acceptors (Lipinski definition) is 6. The lowest BCUT2D eigenvalue weighted by Crippen LogP contribution is -2.25. The van der Waals surface area contributed by atoms with E-state index in [1.165, 1.54) is 0 Å². The topological polar surface area (TPSA) is 55.4 Å². The van der Waals surface area contributed by atoms with Gasteiger partial charge in [0.2, 0.25) is 0 Å². The molecular formula is C40H52O6P2. The zero-order valence-corrected chi connectivity index (χ0v) is 32.5. The molecule has 2 unspecified atom stereocenters. The monoisotopic (exact) mass is 690 g/mol. The Balaban J connectivity index is 1.52. The van der Waals surface area contributed by atoms with Crippen molar-refractivity contribution >= 4 is 17.6 Å². The van der Waals surface area contributed by atoms with Crippen LogP contribution >= 0.6 is 17.6 Å². The van der Waals surface area contributed by atoms with Crippen molar-refractivity contribution in [3.8, 4) is 45.6 Å². The summed E-state index contributed by atoms with van der Waals surface area (Å²) in [5, 5.41) is -1.18. The summed E-state index contributed by atoms with van der Waals surface area (Å²) >= 11 is 0. The molecule has 0 N–H and O–H groups in total. The van der Waals surface area contributed by atoms with Crippen LogP contribution in [0.5, 0.6) is 34.5 Å². The third-order valence-corrected chi connectivity index (χ3v) is 9.43. The summed E-state index contributed by atoms with van der Waals surface area (Å²) in [5.41, 5.74) is 3.82. The molecule has 0 radical (unpaired) electrons. The average Bonchev–Trinajstić information content (AvgIpc) is 3.02. The van der Waals surface area contributed by atoms with Gasteiger partial charge in [0.05, 0.1) is 14.2 Å². The zero-order chi connectivity index (χ0) is 35.3.